The summed E-state index contributed by atoms with van der Waals surface area (Å²) in [5.41, 5.74) is 1.95. The molecule has 0 aliphatic carbocycles. The molecule has 164 valence electrons. The molecule has 4 heterocycles. The van der Waals surface area contributed by atoms with Gasteiger partial charge in [0.05, 0.1) is 35.4 Å². The average Bonchev–Trinajstić information content (AvgIpc) is 3.42. The number of rotatable bonds is 5. The number of nitrogens with zero attached hydrogens (tertiary/aromatic N) is 5. The minimum absolute atomic E-state index is 0.0147. The highest BCUT2D eigenvalue weighted by molar-refractivity contribution is 6.43. The number of hydrogen-bond donors (Lipinski definition) is 1. The third-order valence-corrected chi connectivity index (χ3v) is 6.75. The summed E-state index contributed by atoms with van der Waals surface area (Å²) in [5, 5.41) is 3.97. The summed E-state index contributed by atoms with van der Waals surface area (Å²) in [5.74, 6) is 1.76. The first kappa shape index (κ1) is 20.8. The number of carbonyl (C=O) groups excluding carboxylic acids is 1. The molecule has 0 saturated carbocycles. The monoisotopic (exact) mass is 470 g/mol. The van der Waals surface area contributed by atoms with Crippen molar-refractivity contribution in [2.45, 2.75) is 18.5 Å². The second-order valence-corrected chi connectivity index (χ2v) is 8.50. The van der Waals surface area contributed by atoms with E-state index >= 15 is 0 Å². The summed E-state index contributed by atoms with van der Waals surface area (Å²) in [6.45, 7) is 5.01. The Labute approximate surface area is 194 Å². The van der Waals surface area contributed by atoms with Crippen LogP contribution in [-0.2, 0) is 4.79 Å². The lowest BCUT2D eigenvalue weighted by Crippen LogP contribution is -2.48. The van der Waals surface area contributed by atoms with Crippen LogP contribution in [0.15, 0.2) is 43.2 Å². The lowest BCUT2D eigenvalue weighted by Gasteiger charge is -2.34. The highest BCUT2D eigenvalue weighted by Gasteiger charge is 2.45. The van der Waals surface area contributed by atoms with Gasteiger partial charge in [-0.25, -0.2) is 15.0 Å². The first-order chi connectivity index (χ1) is 15.5. The van der Waals surface area contributed by atoms with Crippen LogP contribution in [0.5, 0.6) is 5.75 Å². The van der Waals surface area contributed by atoms with Crippen LogP contribution in [0.4, 0.5) is 17.3 Å². The quantitative estimate of drug-likeness (QED) is 0.562. The van der Waals surface area contributed by atoms with Gasteiger partial charge in [0.1, 0.15) is 22.7 Å². The standard InChI is InChI=1S/C22H20Cl2N6O2/c1-3-18(31)30-10-12-8-13(30)9-29(12)17-7-6-15-20(28-17)22(26-11-25-15)27-16-5-4-14(23)19(24)21(16)32-2/h3-7,11-13H,1,8-10H2,2H3,(H,25,26,27)/t12-,13-/m0/s1. The van der Waals surface area contributed by atoms with Crippen molar-refractivity contribution in [3.63, 3.8) is 0 Å². The fourth-order valence-corrected chi connectivity index (χ4v) is 4.86. The number of benzene rings is 1. The van der Waals surface area contributed by atoms with Crippen LogP contribution < -0.4 is 15.0 Å². The maximum Gasteiger partial charge on any atom is 0.246 e. The number of amides is 1. The molecule has 5 rings (SSSR count). The number of fused-ring (bicyclic) bond motifs is 3. The van der Waals surface area contributed by atoms with Crippen molar-refractivity contribution in [3.05, 3.63) is 53.3 Å². The fourth-order valence-electron chi connectivity index (χ4n) is 4.47. The first-order valence-electron chi connectivity index (χ1n) is 10.1. The summed E-state index contributed by atoms with van der Waals surface area (Å²) in [6.07, 6.45) is 3.79. The lowest BCUT2D eigenvalue weighted by molar-refractivity contribution is -0.127. The molecule has 2 aromatic heterocycles. The number of methoxy groups -OCH3 is 1. The van der Waals surface area contributed by atoms with Crippen molar-refractivity contribution in [1.29, 1.82) is 0 Å². The molecule has 8 nitrogen and oxygen atoms in total. The third kappa shape index (κ3) is 3.40. The molecule has 32 heavy (non-hydrogen) atoms. The maximum atomic E-state index is 12.1. The number of carbonyl (C=O) groups is 1. The normalized spacial score (nSPS) is 19.5. The Bertz CT molecular complexity index is 1240. The largest absolute Gasteiger partial charge is 0.493 e. The van der Waals surface area contributed by atoms with Crippen LogP contribution in [0.2, 0.25) is 10.0 Å². The molecular formula is C22H20Cl2N6O2. The van der Waals surface area contributed by atoms with Crippen LogP contribution in [-0.4, -0.2) is 58.0 Å². The average molecular weight is 471 g/mol. The summed E-state index contributed by atoms with van der Waals surface area (Å²) in [7, 11) is 1.53. The summed E-state index contributed by atoms with van der Waals surface area (Å²) in [6, 6.07) is 7.75. The van der Waals surface area contributed by atoms with Crippen molar-refractivity contribution in [1.82, 2.24) is 19.9 Å². The Morgan fingerprint density at radius 2 is 2.06 bits per heavy atom. The second kappa shape index (κ2) is 8.11. The molecule has 10 heteroatoms. The van der Waals surface area contributed by atoms with Crippen molar-refractivity contribution in [2.24, 2.45) is 0 Å². The predicted octanol–water partition coefficient (Wildman–Crippen LogP) is 4.06. The first-order valence-corrected chi connectivity index (χ1v) is 10.9. The number of ether oxygens (including phenoxy) is 1. The number of aromatic nitrogens is 3. The van der Waals surface area contributed by atoms with E-state index in [0.717, 1.165) is 18.8 Å². The van der Waals surface area contributed by atoms with Crippen LogP contribution in [0, 0.1) is 0 Å². The van der Waals surface area contributed by atoms with Crippen molar-refractivity contribution in [2.75, 3.05) is 30.4 Å². The number of anilines is 3. The summed E-state index contributed by atoms with van der Waals surface area (Å²) >= 11 is 12.4. The molecule has 1 amide bonds. The molecule has 2 saturated heterocycles. The van der Waals surface area contributed by atoms with Gasteiger partial charge in [-0.2, -0.15) is 0 Å². The molecule has 2 aliphatic heterocycles. The minimum atomic E-state index is -0.0147. The van der Waals surface area contributed by atoms with Gasteiger partial charge in [0.15, 0.2) is 11.6 Å². The van der Waals surface area contributed by atoms with Crippen molar-refractivity contribution < 1.29 is 9.53 Å². The molecule has 3 aromatic rings. The van der Waals surface area contributed by atoms with Crippen LogP contribution >= 0.6 is 23.2 Å². The smallest absolute Gasteiger partial charge is 0.246 e. The zero-order valence-electron chi connectivity index (χ0n) is 17.3. The van der Waals surface area contributed by atoms with Gasteiger partial charge in [0.2, 0.25) is 5.91 Å². The minimum Gasteiger partial charge on any atom is -0.493 e. The van der Waals surface area contributed by atoms with E-state index < -0.39 is 0 Å². The van der Waals surface area contributed by atoms with Gasteiger partial charge in [-0.15, -0.1) is 0 Å². The van der Waals surface area contributed by atoms with Gasteiger partial charge in [-0.05, 0) is 36.8 Å². The second-order valence-electron chi connectivity index (χ2n) is 7.72. The molecule has 2 bridgehead atoms. The van der Waals surface area contributed by atoms with E-state index in [1.165, 1.54) is 19.5 Å². The Balaban J connectivity index is 1.47. The van der Waals surface area contributed by atoms with Crippen LogP contribution in [0.1, 0.15) is 6.42 Å². The van der Waals surface area contributed by atoms with E-state index in [9.17, 15) is 4.79 Å². The Hall–Kier alpha value is -3.10. The number of nitrogens with one attached hydrogen (secondary N) is 1. The summed E-state index contributed by atoms with van der Waals surface area (Å²) in [4.78, 5) is 29.8. The zero-order valence-corrected chi connectivity index (χ0v) is 18.8. The van der Waals surface area contributed by atoms with Gasteiger partial charge < -0.3 is 19.9 Å². The van der Waals surface area contributed by atoms with Gasteiger partial charge in [0, 0.05) is 13.1 Å². The van der Waals surface area contributed by atoms with Crippen LogP contribution in [0.3, 0.4) is 0 Å². The lowest BCUT2D eigenvalue weighted by atomic mass is 10.2. The number of pyridine rings is 1. The molecular weight excluding hydrogens is 451 g/mol. The van der Waals surface area contributed by atoms with E-state index in [2.05, 4.69) is 26.8 Å². The van der Waals surface area contributed by atoms with Crippen molar-refractivity contribution >= 4 is 57.5 Å². The molecule has 2 atom stereocenters. The summed E-state index contributed by atoms with van der Waals surface area (Å²) < 4.78 is 5.43. The highest BCUT2D eigenvalue weighted by Crippen LogP contribution is 2.40. The number of piperazine rings is 1. The molecule has 2 aliphatic rings. The molecule has 2 fully saturated rings. The van der Waals surface area contributed by atoms with Gasteiger partial charge in [-0.1, -0.05) is 29.8 Å². The topological polar surface area (TPSA) is 83.5 Å². The number of halogens is 2. The highest BCUT2D eigenvalue weighted by atomic mass is 35.5. The van der Waals surface area contributed by atoms with Crippen molar-refractivity contribution in [3.8, 4) is 5.75 Å². The third-order valence-electron chi connectivity index (χ3n) is 5.97. The van der Waals surface area contributed by atoms with E-state index in [0.29, 0.717) is 44.9 Å². The fraction of sp³-hybridized carbons (Fsp3) is 0.273. The van der Waals surface area contributed by atoms with Gasteiger partial charge in [-0.3, -0.25) is 4.79 Å². The Morgan fingerprint density at radius 1 is 1.22 bits per heavy atom. The van der Waals surface area contributed by atoms with E-state index in [4.69, 9.17) is 32.9 Å². The molecule has 0 unspecified atom stereocenters. The zero-order chi connectivity index (χ0) is 22.4. The van der Waals surface area contributed by atoms with E-state index in [1.54, 1.807) is 12.1 Å². The Morgan fingerprint density at radius 3 is 2.78 bits per heavy atom. The van der Waals surface area contributed by atoms with E-state index in [1.807, 2.05) is 17.0 Å². The van der Waals surface area contributed by atoms with Crippen LogP contribution in [0.25, 0.3) is 11.0 Å². The molecule has 0 radical (unpaired) electrons. The predicted molar refractivity (Wildman–Crippen MR) is 125 cm³/mol. The van der Waals surface area contributed by atoms with Gasteiger partial charge >= 0.3 is 0 Å². The molecule has 0 spiro atoms. The molecule has 1 aromatic carbocycles. The SMILES string of the molecule is C=CC(=O)N1C[C@@H]2C[C@H]1CN2c1ccc2ncnc(Nc3ccc(Cl)c(Cl)c3OC)c2n1. The number of hydrogen-bond acceptors (Lipinski definition) is 7. The molecule has 1 N–H and O–H groups in total. The van der Waals surface area contributed by atoms with Gasteiger partial charge in [0.25, 0.3) is 0 Å². The maximum absolute atomic E-state index is 12.1. The van der Waals surface area contributed by atoms with E-state index in [-0.39, 0.29) is 18.0 Å². The number of likely N-dealkylation sites (tertiary alicyclic amines) is 1. The Kier molecular flexibility index (Phi) is 5.27.